The van der Waals surface area contributed by atoms with Crippen LogP contribution in [0, 0.1) is 0 Å². The average molecular weight is 224 g/mol. The third-order valence-corrected chi connectivity index (χ3v) is 3.55. The van der Waals surface area contributed by atoms with E-state index in [0.29, 0.717) is 6.04 Å². The zero-order valence-electron chi connectivity index (χ0n) is 9.85. The van der Waals surface area contributed by atoms with E-state index in [2.05, 4.69) is 10.1 Å². The third kappa shape index (κ3) is 2.54. The fourth-order valence-electron chi connectivity index (χ4n) is 2.85. The maximum atomic E-state index is 10.8. The standard InChI is InChI=1S/C12H20N2O2/c1-9-7-11(8-12(15)16)14(13-9)10-5-3-2-4-6-10/h10-11H,2-8H2,1H3,(H,15,16). The molecule has 0 aromatic rings. The molecule has 4 heteroatoms. The van der Waals surface area contributed by atoms with Gasteiger partial charge in [-0.05, 0) is 19.8 Å². The van der Waals surface area contributed by atoms with Gasteiger partial charge in [0.2, 0.25) is 0 Å². The smallest absolute Gasteiger partial charge is 0.305 e. The van der Waals surface area contributed by atoms with Crippen LogP contribution in [0.3, 0.4) is 0 Å². The van der Waals surface area contributed by atoms with E-state index in [1.807, 2.05) is 6.92 Å². The molecule has 0 aromatic heterocycles. The summed E-state index contributed by atoms with van der Waals surface area (Å²) in [5.74, 6) is -0.712. The highest BCUT2D eigenvalue weighted by Gasteiger charge is 2.32. The molecule has 1 atom stereocenters. The van der Waals surface area contributed by atoms with Crippen molar-refractivity contribution in [3.05, 3.63) is 0 Å². The van der Waals surface area contributed by atoms with E-state index < -0.39 is 5.97 Å². The molecule has 1 fully saturated rings. The zero-order valence-corrected chi connectivity index (χ0v) is 9.85. The number of hydrogen-bond donors (Lipinski definition) is 1. The number of hydrazone groups is 1. The third-order valence-electron chi connectivity index (χ3n) is 3.55. The number of hydrogen-bond acceptors (Lipinski definition) is 3. The van der Waals surface area contributed by atoms with Crippen molar-refractivity contribution in [1.29, 1.82) is 0 Å². The van der Waals surface area contributed by atoms with Crippen LogP contribution in [0.2, 0.25) is 0 Å². The Morgan fingerprint density at radius 1 is 1.44 bits per heavy atom. The molecule has 1 aliphatic carbocycles. The zero-order chi connectivity index (χ0) is 11.5. The summed E-state index contributed by atoms with van der Waals surface area (Å²) in [5.41, 5.74) is 1.08. The lowest BCUT2D eigenvalue weighted by Crippen LogP contribution is -2.38. The number of carboxylic acids is 1. The highest BCUT2D eigenvalue weighted by molar-refractivity contribution is 5.84. The first-order valence-corrected chi connectivity index (χ1v) is 6.21. The molecule has 1 unspecified atom stereocenters. The van der Waals surface area contributed by atoms with Gasteiger partial charge in [0.15, 0.2) is 0 Å². The molecule has 2 rings (SSSR count). The van der Waals surface area contributed by atoms with Crippen LogP contribution in [0.15, 0.2) is 5.10 Å². The van der Waals surface area contributed by atoms with Crippen LogP contribution < -0.4 is 0 Å². The Morgan fingerprint density at radius 3 is 2.75 bits per heavy atom. The summed E-state index contributed by atoms with van der Waals surface area (Å²) in [6, 6.07) is 0.580. The van der Waals surface area contributed by atoms with Crippen molar-refractivity contribution in [3.63, 3.8) is 0 Å². The average Bonchev–Trinajstić information content (AvgIpc) is 2.60. The van der Waals surface area contributed by atoms with Gasteiger partial charge in [0, 0.05) is 18.2 Å². The van der Waals surface area contributed by atoms with E-state index >= 15 is 0 Å². The lowest BCUT2D eigenvalue weighted by Gasteiger charge is -2.34. The van der Waals surface area contributed by atoms with Crippen LogP contribution in [0.25, 0.3) is 0 Å². The lowest BCUT2D eigenvalue weighted by molar-refractivity contribution is -0.138. The first-order valence-electron chi connectivity index (χ1n) is 6.21. The number of nitrogens with zero attached hydrogens (tertiary/aromatic N) is 2. The van der Waals surface area contributed by atoms with E-state index in [-0.39, 0.29) is 12.5 Å². The molecule has 1 saturated carbocycles. The van der Waals surface area contributed by atoms with Gasteiger partial charge in [0.25, 0.3) is 0 Å². The molecule has 1 heterocycles. The molecule has 0 spiro atoms. The number of aliphatic carboxylic acids is 1. The Labute approximate surface area is 96.3 Å². The fourth-order valence-corrected chi connectivity index (χ4v) is 2.85. The van der Waals surface area contributed by atoms with Gasteiger partial charge >= 0.3 is 5.97 Å². The monoisotopic (exact) mass is 224 g/mol. The van der Waals surface area contributed by atoms with E-state index in [4.69, 9.17) is 5.11 Å². The maximum Gasteiger partial charge on any atom is 0.305 e. The molecule has 16 heavy (non-hydrogen) atoms. The molecule has 90 valence electrons. The Kier molecular flexibility index (Phi) is 3.46. The quantitative estimate of drug-likeness (QED) is 0.800. The summed E-state index contributed by atoms with van der Waals surface area (Å²) in [7, 11) is 0. The first kappa shape index (κ1) is 11.4. The van der Waals surface area contributed by atoms with E-state index in [9.17, 15) is 4.79 Å². The van der Waals surface area contributed by atoms with Crippen molar-refractivity contribution in [2.24, 2.45) is 5.10 Å². The molecule has 0 saturated heterocycles. The molecule has 0 radical (unpaired) electrons. The summed E-state index contributed by atoms with van der Waals surface area (Å²) >= 11 is 0. The van der Waals surface area contributed by atoms with Gasteiger partial charge in [0.05, 0.1) is 12.5 Å². The first-order chi connectivity index (χ1) is 7.66. The van der Waals surface area contributed by atoms with Gasteiger partial charge in [-0.25, -0.2) is 0 Å². The van der Waals surface area contributed by atoms with Gasteiger partial charge in [0.1, 0.15) is 0 Å². The van der Waals surface area contributed by atoms with Crippen LogP contribution in [0.1, 0.15) is 51.9 Å². The van der Waals surface area contributed by atoms with Crippen LogP contribution >= 0.6 is 0 Å². The van der Waals surface area contributed by atoms with Crippen molar-refractivity contribution in [1.82, 2.24) is 5.01 Å². The Bertz CT molecular complexity index is 295. The highest BCUT2D eigenvalue weighted by atomic mass is 16.4. The minimum atomic E-state index is -0.712. The summed E-state index contributed by atoms with van der Waals surface area (Å²) in [5, 5.41) is 15.5. The summed E-state index contributed by atoms with van der Waals surface area (Å²) in [4.78, 5) is 10.8. The predicted molar refractivity (Wildman–Crippen MR) is 62.5 cm³/mol. The van der Waals surface area contributed by atoms with Gasteiger partial charge in [-0.15, -0.1) is 0 Å². The van der Waals surface area contributed by atoms with Crippen molar-refractivity contribution in [2.75, 3.05) is 0 Å². The normalized spacial score (nSPS) is 26.9. The molecule has 0 bridgehead atoms. The highest BCUT2D eigenvalue weighted by Crippen LogP contribution is 2.29. The van der Waals surface area contributed by atoms with Gasteiger partial charge in [-0.1, -0.05) is 19.3 Å². The van der Waals surface area contributed by atoms with Gasteiger partial charge < -0.3 is 5.11 Å². The predicted octanol–water partition coefficient (Wildman–Crippen LogP) is 2.24. The van der Waals surface area contributed by atoms with Crippen molar-refractivity contribution in [2.45, 2.75) is 64.0 Å². The fraction of sp³-hybridized carbons (Fsp3) is 0.833. The van der Waals surface area contributed by atoms with Crippen molar-refractivity contribution < 1.29 is 9.90 Å². The van der Waals surface area contributed by atoms with Gasteiger partial charge in [-0.2, -0.15) is 5.10 Å². The molecule has 1 aliphatic heterocycles. The SMILES string of the molecule is CC1=NN(C2CCCCC2)C(CC(=O)O)C1. The molecular formula is C12H20N2O2. The lowest BCUT2D eigenvalue weighted by atomic mass is 9.93. The van der Waals surface area contributed by atoms with Gasteiger partial charge in [-0.3, -0.25) is 9.80 Å². The second kappa shape index (κ2) is 4.85. The minimum Gasteiger partial charge on any atom is -0.481 e. The maximum absolute atomic E-state index is 10.8. The second-order valence-electron chi connectivity index (χ2n) is 4.96. The van der Waals surface area contributed by atoms with Crippen LogP contribution in [-0.2, 0) is 4.79 Å². The summed E-state index contributed by atoms with van der Waals surface area (Å²) < 4.78 is 0. The van der Waals surface area contributed by atoms with Crippen LogP contribution in [0.5, 0.6) is 0 Å². The minimum absolute atomic E-state index is 0.0978. The van der Waals surface area contributed by atoms with E-state index in [1.165, 1.54) is 32.1 Å². The second-order valence-corrected chi connectivity index (χ2v) is 4.96. The summed E-state index contributed by atoms with van der Waals surface area (Å²) in [6.45, 7) is 2.00. The van der Waals surface area contributed by atoms with Crippen molar-refractivity contribution in [3.8, 4) is 0 Å². The van der Waals surface area contributed by atoms with E-state index in [1.54, 1.807) is 0 Å². The topological polar surface area (TPSA) is 52.9 Å². The molecular weight excluding hydrogens is 204 g/mol. The Hall–Kier alpha value is -1.06. The Morgan fingerprint density at radius 2 is 2.12 bits per heavy atom. The Balaban J connectivity index is 2.00. The molecule has 4 nitrogen and oxygen atoms in total. The van der Waals surface area contributed by atoms with Crippen LogP contribution in [-0.4, -0.2) is 33.9 Å². The molecule has 1 N–H and O–H groups in total. The van der Waals surface area contributed by atoms with Crippen LogP contribution in [0.4, 0.5) is 0 Å². The number of rotatable bonds is 3. The van der Waals surface area contributed by atoms with E-state index in [0.717, 1.165) is 12.1 Å². The summed E-state index contributed by atoms with van der Waals surface area (Å²) in [6.07, 6.45) is 7.22. The number of carboxylic acid groups (broad SMARTS) is 1. The van der Waals surface area contributed by atoms with Crippen molar-refractivity contribution >= 4 is 11.7 Å². The number of carbonyl (C=O) groups is 1. The largest absolute Gasteiger partial charge is 0.481 e. The molecule has 2 aliphatic rings. The molecule has 0 aromatic carbocycles. The molecule has 0 amide bonds.